The van der Waals surface area contributed by atoms with Gasteiger partial charge in [0.1, 0.15) is 6.61 Å². The Hall–Kier alpha value is -0.610. The third-order valence-corrected chi connectivity index (χ3v) is 4.57. The molecule has 0 aromatic rings. The average Bonchev–Trinajstić information content (AvgIpc) is 2.35. The van der Waals surface area contributed by atoms with Crippen LogP contribution in [0.3, 0.4) is 0 Å². The van der Waals surface area contributed by atoms with Gasteiger partial charge in [0, 0.05) is 0 Å². The number of aliphatic carboxylic acids is 1. The van der Waals surface area contributed by atoms with E-state index in [1.54, 1.807) is 0 Å². The summed E-state index contributed by atoms with van der Waals surface area (Å²) in [5.74, 6) is -0.156. The highest BCUT2D eigenvalue weighted by molar-refractivity contribution is 5.67. The minimum atomic E-state index is -0.929. The van der Waals surface area contributed by atoms with Crippen LogP contribution in [0.4, 0.5) is 0 Å². The van der Waals surface area contributed by atoms with Crippen LogP contribution < -0.4 is 0 Å². The summed E-state index contributed by atoms with van der Waals surface area (Å²) in [5, 5.41) is 8.48. The second-order valence-electron chi connectivity index (χ2n) is 8.52. The molecule has 0 atom stereocenters. The Bertz CT molecular complexity index is 335. The van der Waals surface area contributed by atoms with Crippen molar-refractivity contribution in [1.82, 2.24) is 0 Å². The van der Waals surface area contributed by atoms with Crippen molar-refractivity contribution in [3.05, 3.63) is 0 Å². The topological polar surface area (TPSA) is 55.8 Å². The number of hydrogen-bond donors (Lipinski definition) is 1. The molecule has 0 unspecified atom stereocenters. The first kappa shape index (κ1) is 19.4. The van der Waals surface area contributed by atoms with E-state index < -0.39 is 5.97 Å². The summed E-state index contributed by atoms with van der Waals surface area (Å²) < 4.78 is 10.8. The van der Waals surface area contributed by atoms with Crippen molar-refractivity contribution < 1.29 is 19.4 Å². The van der Waals surface area contributed by atoms with Crippen molar-refractivity contribution in [2.24, 2.45) is 16.7 Å². The van der Waals surface area contributed by atoms with Gasteiger partial charge in [-0.1, -0.05) is 34.6 Å². The lowest BCUT2D eigenvalue weighted by Gasteiger charge is -2.42. The minimum Gasteiger partial charge on any atom is -0.480 e. The first-order chi connectivity index (χ1) is 10.1. The molecule has 1 aliphatic rings. The average molecular weight is 314 g/mol. The third kappa shape index (κ3) is 7.59. The van der Waals surface area contributed by atoms with E-state index in [0.29, 0.717) is 30.1 Å². The van der Waals surface area contributed by atoms with E-state index in [-0.39, 0.29) is 6.61 Å². The van der Waals surface area contributed by atoms with Crippen LogP contribution in [0.1, 0.15) is 66.7 Å². The van der Waals surface area contributed by atoms with E-state index in [4.69, 9.17) is 14.6 Å². The van der Waals surface area contributed by atoms with E-state index in [1.165, 1.54) is 19.3 Å². The quantitative estimate of drug-likeness (QED) is 0.685. The predicted molar refractivity (Wildman–Crippen MR) is 88.0 cm³/mol. The van der Waals surface area contributed by atoms with Crippen LogP contribution in [-0.4, -0.2) is 37.0 Å². The zero-order valence-corrected chi connectivity index (χ0v) is 15.0. The van der Waals surface area contributed by atoms with Crippen LogP contribution in [0.15, 0.2) is 0 Å². The van der Waals surface area contributed by atoms with Gasteiger partial charge in [-0.05, 0) is 48.9 Å². The smallest absolute Gasteiger partial charge is 0.329 e. The van der Waals surface area contributed by atoms with Gasteiger partial charge in [-0.3, -0.25) is 0 Å². The molecule has 4 nitrogen and oxygen atoms in total. The summed E-state index contributed by atoms with van der Waals surface area (Å²) in [5.41, 5.74) is 0.756. The lowest BCUT2D eigenvalue weighted by Crippen LogP contribution is -2.34. The van der Waals surface area contributed by atoms with Crippen molar-refractivity contribution in [1.29, 1.82) is 0 Å². The molecule has 0 aromatic heterocycles. The third-order valence-electron chi connectivity index (χ3n) is 4.57. The van der Waals surface area contributed by atoms with Gasteiger partial charge < -0.3 is 14.6 Å². The molecule has 1 fully saturated rings. The van der Waals surface area contributed by atoms with Crippen LogP contribution in [0, 0.1) is 16.7 Å². The number of ether oxygens (including phenoxy) is 2. The molecule has 22 heavy (non-hydrogen) atoms. The van der Waals surface area contributed by atoms with Crippen LogP contribution >= 0.6 is 0 Å². The molecule has 0 spiro atoms. The molecule has 0 radical (unpaired) electrons. The summed E-state index contributed by atoms with van der Waals surface area (Å²) in [6.45, 7) is 12.4. The first-order valence-electron chi connectivity index (χ1n) is 8.51. The van der Waals surface area contributed by atoms with E-state index in [9.17, 15) is 4.79 Å². The summed E-state index contributed by atoms with van der Waals surface area (Å²) in [6, 6.07) is 0. The molecule has 0 saturated heterocycles. The standard InChI is InChI=1S/C18H34O4/c1-17(2,3)13-18(4,5)14-6-8-15(9-7-14)22-11-10-21-12-16(19)20/h14-15H,6-13H2,1-5H3,(H,19,20). The van der Waals surface area contributed by atoms with E-state index >= 15 is 0 Å². The Labute approximate surface area is 135 Å². The molecule has 1 aliphatic carbocycles. The maximum absolute atomic E-state index is 10.3. The van der Waals surface area contributed by atoms with Gasteiger partial charge in [0.15, 0.2) is 0 Å². The zero-order valence-electron chi connectivity index (χ0n) is 15.0. The van der Waals surface area contributed by atoms with Gasteiger partial charge in [0.25, 0.3) is 0 Å². The van der Waals surface area contributed by atoms with Gasteiger partial charge in [-0.2, -0.15) is 0 Å². The second-order valence-corrected chi connectivity index (χ2v) is 8.52. The van der Waals surface area contributed by atoms with E-state index in [1.807, 2.05) is 0 Å². The second kappa shape index (κ2) is 8.30. The van der Waals surface area contributed by atoms with Crippen LogP contribution in [0.25, 0.3) is 0 Å². The normalized spacial score (nSPS) is 23.5. The zero-order chi connectivity index (χ0) is 16.8. The number of carboxylic acid groups (broad SMARTS) is 1. The fraction of sp³-hybridized carbons (Fsp3) is 0.944. The molecular weight excluding hydrogens is 280 g/mol. The number of carboxylic acids is 1. The Morgan fingerprint density at radius 2 is 1.64 bits per heavy atom. The molecule has 0 bridgehead atoms. The highest BCUT2D eigenvalue weighted by Gasteiger charge is 2.35. The largest absolute Gasteiger partial charge is 0.480 e. The Morgan fingerprint density at radius 3 is 2.14 bits per heavy atom. The lowest BCUT2D eigenvalue weighted by atomic mass is 9.64. The summed E-state index contributed by atoms with van der Waals surface area (Å²) in [4.78, 5) is 10.3. The summed E-state index contributed by atoms with van der Waals surface area (Å²) in [6.07, 6.45) is 6.23. The molecule has 130 valence electrons. The van der Waals surface area contributed by atoms with Crippen LogP contribution in [0.5, 0.6) is 0 Å². The Balaban J connectivity index is 2.24. The molecule has 0 amide bonds. The van der Waals surface area contributed by atoms with Gasteiger partial charge in [0.05, 0.1) is 19.3 Å². The van der Waals surface area contributed by atoms with E-state index in [2.05, 4.69) is 34.6 Å². The molecule has 4 heteroatoms. The number of hydrogen-bond acceptors (Lipinski definition) is 3. The fourth-order valence-electron chi connectivity index (χ4n) is 3.96. The van der Waals surface area contributed by atoms with Gasteiger partial charge >= 0.3 is 5.97 Å². The minimum absolute atomic E-state index is 0.239. The molecular formula is C18H34O4. The number of carbonyl (C=O) groups is 1. The maximum Gasteiger partial charge on any atom is 0.329 e. The molecule has 0 aliphatic heterocycles. The molecule has 0 heterocycles. The summed E-state index contributed by atoms with van der Waals surface area (Å²) in [7, 11) is 0. The summed E-state index contributed by atoms with van der Waals surface area (Å²) >= 11 is 0. The SMILES string of the molecule is CC(C)(C)CC(C)(C)C1CCC(OCCOCC(=O)O)CC1. The molecule has 1 rings (SSSR count). The number of rotatable bonds is 8. The van der Waals surface area contributed by atoms with Crippen molar-refractivity contribution in [3.8, 4) is 0 Å². The highest BCUT2D eigenvalue weighted by Crippen LogP contribution is 2.45. The molecule has 1 saturated carbocycles. The molecule has 0 aromatic carbocycles. The highest BCUT2D eigenvalue weighted by atomic mass is 16.5. The van der Waals surface area contributed by atoms with Crippen LogP contribution in [0.2, 0.25) is 0 Å². The van der Waals surface area contributed by atoms with Crippen molar-refractivity contribution in [3.63, 3.8) is 0 Å². The van der Waals surface area contributed by atoms with Crippen molar-refractivity contribution in [2.45, 2.75) is 72.8 Å². The first-order valence-corrected chi connectivity index (χ1v) is 8.51. The molecule has 1 N–H and O–H groups in total. The monoisotopic (exact) mass is 314 g/mol. The van der Waals surface area contributed by atoms with Crippen LogP contribution in [-0.2, 0) is 14.3 Å². The van der Waals surface area contributed by atoms with Crippen molar-refractivity contribution >= 4 is 5.97 Å². The van der Waals surface area contributed by atoms with Crippen molar-refractivity contribution in [2.75, 3.05) is 19.8 Å². The Morgan fingerprint density at radius 1 is 1.05 bits per heavy atom. The van der Waals surface area contributed by atoms with E-state index in [0.717, 1.165) is 18.8 Å². The van der Waals surface area contributed by atoms with Gasteiger partial charge in [-0.15, -0.1) is 0 Å². The predicted octanol–water partition coefficient (Wildman–Crippen LogP) is 4.13. The fourth-order valence-corrected chi connectivity index (χ4v) is 3.96. The van der Waals surface area contributed by atoms with Gasteiger partial charge in [0.2, 0.25) is 0 Å². The lowest BCUT2D eigenvalue weighted by molar-refractivity contribution is -0.143. The van der Waals surface area contributed by atoms with Gasteiger partial charge in [-0.25, -0.2) is 4.79 Å². The Kier molecular flexibility index (Phi) is 7.33. The maximum atomic E-state index is 10.3.